The van der Waals surface area contributed by atoms with Crippen LogP contribution in [0.5, 0.6) is 0 Å². The number of nitrogens with one attached hydrogen (secondary N) is 2. The highest BCUT2D eigenvalue weighted by Crippen LogP contribution is 2.29. The van der Waals surface area contributed by atoms with Crippen LogP contribution in [0.4, 0.5) is 21.8 Å². The molecule has 0 spiro atoms. The largest absolute Gasteiger partial charge is 0.378 e. The minimum absolute atomic E-state index is 0.210. The van der Waals surface area contributed by atoms with E-state index in [9.17, 15) is 4.79 Å². The maximum Gasteiger partial charge on any atom is 0.259 e. The SMILES string of the molecule is CCOC(C(=O)Nc1nnc(N[C@@H]2CCN(c3cccnn3)C2)s1)c1cccc(N2CC(OC)C2)c1. The number of hydrogen-bond acceptors (Lipinski definition) is 11. The van der Waals surface area contributed by atoms with E-state index in [-0.39, 0.29) is 18.1 Å². The third kappa shape index (κ3) is 5.55. The minimum atomic E-state index is -0.745. The van der Waals surface area contributed by atoms with Gasteiger partial charge < -0.3 is 24.6 Å². The van der Waals surface area contributed by atoms with Gasteiger partial charge in [0.25, 0.3) is 5.91 Å². The van der Waals surface area contributed by atoms with Gasteiger partial charge in [-0.3, -0.25) is 10.1 Å². The Morgan fingerprint density at radius 3 is 2.78 bits per heavy atom. The lowest BCUT2D eigenvalue weighted by molar-refractivity contribution is -0.127. The zero-order chi connectivity index (χ0) is 24.9. The summed E-state index contributed by atoms with van der Waals surface area (Å²) in [6, 6.07) is 11.9. The number of amides is 1. The second-order valence-electron chi connectivity index (χ2n) is 8.75. The summed E-state index contributed by atoms with van der Waals surface area (Å²) in [6.45, 7) is 5.64. The van der Waals surface area contributed by atoms with Crippen LogP contribution >= 0.6 is 11.3 Å². The zero-order valence-corrected chi connectivity index (χ0v) is 21.1. The Kier molecular flexibility index (Phi) is 7.54. The summed E-state index contributed by atoms with van der Waals surface area (Å²) >= 11 is 1.31. The molecule has 2 aliphatic rings. The summed E-state index contributed by atoms with van der Waals surface area (Å²) in [4.78, 5) is 17.6. The van der Waals surface area contributed by atoms with Gasteiger partial charge in [-0.25, -0.2) is 0 Å². The van der Waals surface area contributed by atoms with Gasteiger partial charge in [-0.15, -0.1) is 15.3 Å². The Labute approximate surface area is 213 Å². The van der Waals surface area contributed by atoms with Crippen LogP contribution in [-0.4, -0.2) is 78.3 Å². The van der Waals surface area contributed by atoms with E-state index in [4.69, 9.17) is 9.47 Å². The fraction of sp³-hybridized carbons (Fsp3) is 0.458. The molecule has 5 rings (SSSR count). The van der Waals surface area contributed by atoms with Gasteiger partial charge in [-0.05, 0) is 43.2 Å². The molecule has 0 bridgehead atoms. The first-order chi connectivity index (χ1) is 17.6. The van der Waals surface area contributed by atoms with Crippen LogP contribution < -0.4 is 20.4 Å². The maximum absolute atomic E-state index is 13.1. The van der Waals surface area contributed by atoms with Crippen LogP contribution in [0.2, 0.25) is 0 Å². The second-order valence-corrected chi connectivity index (χ2v) is 9.73. The fourth-order valence-corrected chi connectivity index (χ4v) is 5.12. The highest BCUT2D eigenvalue weighted by molar-refractivity contribution is 7.19. The molecule has 2 atom stereocenters. The number of methoxy groups -OCH3 is 1. The first-order valence-electron chi connectivity index (χ1n) is 12.1. The summed E-state index contributed by atoms with van der Waals surface area (Å²) in [5.41, 5.74) is 1.85. The number of carbonyl (C=O) groups excluding carboxylic acids is 1. The lowest BCUT2D eigenvalue weighted by Gasteiger charge is -2.40. The smallest absolute Gasteiger partial charge is 0.259 e. The molecule has 0 radical (unpaired) electrons. The van der Waals surface area contributed by atoms with E-state index in [1.54, 1.807) is 13.3 Å². The molecule has 36 heavy (non-hydrogen) atoms. The molecule has 0 aliphatic carbocycles. The first-order valence-corrected chi connectivity index (χ1v) is 12.9. The van der Waals surface area contributed by atoms with Crippen LogP contribution in [0, 0.1) is 0 Å². The molecule has 2 saturated heterocycles. The van der Waals surface area contributed by atoms with Gasteiger partial charge in [-0.1, -0.05) is 23.5 Å². The molecule has 190 valence electrons. The molecule has 2 aliphatic heterocycles. The van der Waals surface area contributed by atoms with Crippen LogP contribution in [0.1, 0.15) is 25.0 Å². The number of rotatable bonds is 10. The Hall–Kier alpha value is -3.35. The summed E-state index contributed by atoms with van der Waals surface area (Å²) in [5.74, 6) is 0.593. The second kappa shape index (κ2) is 11.1. The minimum Gasteiger partial charge on any atom is -0.378 e. The van der Waals surface area contributed by atoms with Crippen molar-refractivity contribution in [2.45, 2.75) is 31.6 Å². The standard InChI is InChI=1S/C24H30N8O3S/c1-3-35-21(16-6-4-7-18(12-16)32-14-19(15-32)34-2)22(33)27-24-30-29-23(36-24)26-17-9-11-31(13-17)20-8-5-10-25-28-20/h4-8,10,12,17,19,21H,3,9,11,13-15H2,1-2H3,(H,26,29)(H,27,30,33)/t17-,21?/m1/s1. The Morgan fingerprint density at radius 2 is 2.00 bits per heavy atom. The van der Waals surface area contributed by atoms with Crippen molar-refractivity contribution in [1.82, 2.24) is 20.4 Å². The van der Waals surface area contributed by atoms with Crippen molar-refractivity contribution in [2.24, 2.45) is 0 Å². The van der Waals surface area contributed by atoms with Crippen molar-refractivity contribution in [1.29, 1.82) is 0 Å². The highest BCUT2D eigenvalue weighted by atomic mass is 32.1. The fourth-order valence-electron chi connectivity index (χ4n) is 4.40. The normalized spacial score (nSPS) is 18.7. The predicted octanol–water partition coefficient (Wildman–Crippen LogP) is 2.57. The van der Waals surface area contributed by atoms with E-state index in [0.29, 0.717) is 16.9 Å². The Balaban J connectivity index is 1.19. The summed E-state index contributed by atoms with van der Waals surface area (Å²) in [5, 5.41) is 23.9. The molecule has 4 heterocycles. The van der Waals surface area contributed by atoms with E-state index < -0.39 is 6.10 Å². The number of aromatic nitrogens is 4. The van der Waals surface area contributed by atoms with Gasteiger partial charge in [0.15, 0.2) is 11.9 Å². The molecular formula is C24H30N8O3S. The molecular weight excluding hydrogens is 480 g/mol. The van der Waals surface area contributed by atoms with Crippen molar-refractivity contribution in [3.05, 3.63) is 48.2 Å². The molecule has 12 heteroatoms. The number of benzene rings is 1. The molecule has 2 N–H and O–H groups in total. The molecule has 1 amide bonds. The van der Waals surface area contributed by atoms with Crippen molar-refractivity contribution in [2.75, 3.05) is 60.3 Å². The molecule has 0 saturated carbocycles. The molecule has 3 aromatic rings. The van der Waals surface area contributed by atoms with Gasteiger partial charge in [0.2, 0.25) is 10.3 Å². The van der Waals surface area contributed by atoms with Gasteiger partial charge in [-0.2, -0.15) is 5.10 Å². The number of carbonyl (C=O) groups is 1. The number of nitrogens with zero attached hydrogens (tertiary/aromatic N) is 6. The summed E-state index contributed by atoms with van der Waals surface area (Å²) in [6.07, 6.45) is 2.12. The van der Waals surface area contributed by atoms with Crippen molar-refractivity contribution >= 4 is 39.0 Å². The van der Waals surface area contributed by atoms with Crippen LogP contribution in [0.15, 0.2) is 42.6 Å². The molecule has 1 aromatic carbocycles. The first kappa shape index (κ1) is 24.3. The van der Waals surface area contributed by atoms with E-state index in [1.807, 2.05) is 43.3 Å². The summed E-state index contributed by atoms with van der Waals surface area (Å²) in [7, 11) is 1.73. The van der Waals surface area contributed by atoms with Gasteiger partial charge in [0.1, 0.15) is 0 Å². The predicted molar refractivity (Wildman–Crippen MR) is 139 cm³/mol. The van der Waals surface area contributed by atoms with Gasteiger partial charge in [0, 0.05) is 57.8 Å². The lowest BCUT2D eigenvalue weighted by Crippen LogP contribution is -2.51. The van der Waals surface area contributed by atoms with Crippen LogP contribution in [-0.2, 0) is 14.3 Å². The number of ether oxygens (including phenoxy) is 2. The monoisotopic (exact) mass is 510 g/mol. The van der Waals surface area contributed by atoms with E-state index >= 15 is 0 Å². The Bertz CT molecular complexity index is 1160. The van der Waals surface area contributed by atoms with Crippen molar-refractivity contribution in [3.63, 3.8) is 0 Å². The van der Waals surface area contributed by atoms with Crippen LogP contribution in [0.3, 0.4) is 0 Å². The number of hydrogen-bond donors (Lipinski definition) is 2. The average molecular weight is 511 g/mol. The molecule has 2 fully saturated rings. The molecule has 2 aromatic heterocycles. The van der Waals surface area contributed by atoms with Crippen LogP contribution in [0.25, 0.3) is 0 Å². The third-order valence-corrected chi connectivity index (χ3v) is 7.11. The van der Waals surface area contributed by atoms with Crippen molar-refractivity contribution < 1.29 is 14.3 Å². The summed E-state index contributed by atoms with van der Waals surface area (Å²) < 4.78 is 11.2. The number of anilines is 4. The average Bonchev–Trinajstić information content (AvgIpc) is 3.52. The topological polar surface area (TPSA) is 118 Å². The van der Waals surface area contributed by atoms with Gasteiger partial charge >= 0.3 is 0 Å². The van der Waals surface area contributed by atoms with E-state index in [1.165, 1.54) is 11.3 Å². The zero-order valence-electron chi connectivity index (χ0n) is 20.3. The van der Waals surface area contributed by atoms with Crippen molar-refractivity contribution in [3.8, 4) is 0 Å². The molecule has 11 nitrogen and oxygen atoms in total. The lowest BCUT2D eigenvalue weighted by atomic mass is 10.0. The third-order valence-electron chi connectivity index (χ3n) is 6.34. The van der Waals surface area contributed by atoms with Gasteiger partial charge in [0.05, 0.1) is 6.10 Å². The Morgan fingerprint density at radius 1 is 1.14 bits per heavy atom. The highest BCUT2D eigenvalue weighted by Gasteiger charge is 2.29. The molecule has 1 unspecified atom stereocenters. The van der Waals surface area contributed by atoms with E-state index in [0.717, 1.165) is 49.7 Å². The van der Waals surface area contributed by atoms with E-state index in [2.05, 4.69) is 40.8 Å². The maximum atomic E-state index is 13.1. The quantitative estimate of drug-likeness (QED) is 0.421.